The fourth-order valence-corrected chi connectivity index (χ4v) is 93.3. The van der Waals surface area contributed by atoms with Gasteiger partial charge in [0.05, 0.1) is 0 Å². The van der Waals surface area contributed by atoms with Crippen LogP contribution < -0.4 is 0 Å². The molecule has 10 fully saturated rings. The first-order valence-electron chi connectivity index (χ1n) is 8.02. The Kier molecular flexibility index (Phi) is 0.184. The molecule has 0 saturated carbocycles. The predicted molar refractivity (Wildman–Crippen MR) is 63.0 cm³/mol. The Balaban J connectivity index is 1.46. The quantitative estimate of drug-likeness (QED) is 0.473. The molecule has 11 aliphatic rings. The Hall–Kier alpha value is 0.259. The molecule has 1 spiro atoms. The summed E-state index contributed by atoms with van der Waals surface area (Å²) >= 11 is 0. The molecule has 10 saturated heterocycles. The van der Waals surface area contributed by atoms with E-state index in [-0.39, 0.29) is 0 Å². The van der Waals surface area contributed by atoms with Crippen LogP contribution >= 0.6 is 0 Å². The molecule has 0 nitrogen and oxygen atoms in total. The Morgan fingerprint density at radius 1 is 1.00 bits per heavy atom. The maximum atomic E-state index is 2.67. The summed E-state index contributed by atoms with van der Waals surface area (Å²) in [5.41, 5.74) is 1.97. The van der Waals surface area contributed by atoms with Crippen molar-refractivity contribution in [1.82, 2.24) is 0 Å². The van der Waals surface area contributed by atoms with Crippen molar-refractivity contribution in [2.24, 2.45) is 0 Å². The molecule has 11 rings (SSSR count). The predicted octanol–water partition coefficient (Wildman–Crippen LogP) is 5.25. The van der Waals surface area contributed by atoms with Crippen LogP contribution in [-0.2, 0) is 6.51 Å². The SMILES string of the molecule is C1=C(C[C]23[CH]4[CH]5[CH]6[CH]2[Fe]56432789[CH]3[CH]2[CH]7[CH]8[CH]39)CCC1. The van der Waals surface area contributed by atoms with Crippen molar-refractivity contribution in [1.29, 1.82) is 0 Å². The molecular formula is C16H18Fe. The summed E-state index contributed by atoms with van der Waals surface area (Å²) in [6.07, 6.45) is 8.83. The first-order chi connectivity index (χ1) is 8.12. The second kappa shape index (κ2) is 0.509. The van der Waals surface area contributed by atoms with Crippen molar-refractivity contribution in [3.63, 3.8) is 0 Å². The van der Waals surface area contributed by atoms with Crippen molar-refractivity contribution >= 4 is 0 Å². The molecule has 0 aromatic heterocycles. The van der Waals surface area contributed by atoms with Gasteiger partial charge >= 0.3 is 91.5 Å². The molecule has 10 heterocycles. The number of hydrogen-bond donors (Lipinski definition) is 0. The Bertz CT molecular complexity index is 932. The number of rotatable bonds is 2. The van der Waals surface area contributed by atoms with Crippen molar-refractivity contribution in [3.05, 3.63) is 11.6 Å². The van der Waals surface area contributed by atoms with Gasteiger partial charge in [0, 0.05) is 0 Å². The maximum absolute atomic E-state index is 2.67. The molecule has 0 radical (unpaired) electrons. The van der Waals surface area contributed by atoms with E-state index < -0.39 is 6.51 Å². The third kappa shape index (κ3) is 0.0652. The molecule has 0 aromatic rings. The third-order valence-electron chi connectivity index (χ3n) is 16.6. The summed E-state index contributed by atoms with van der Waals surface area (Å²) in [6.45, 7) is -2.66. The van der Waals surface area contributed by atoms with Crippen molar-refractivity contribution in [2.75, 3.05) is 0 Å². The average Bonchev–Trinajstić information content (AvgIpc) is 3.25. The first kappa shape index (κ1) is 6.14. The molecule has 0 aromatic carbocycles. The second-order valence-electron chi connectivity index (χ2n) is 11.8. The average molecular weight is 266 g/mol. The second-order valence-corrected chi connectivity index (χ2v) is 35.4. The standard InChI is InChI=1S/C11H13.C5H5.Fe/c1-2-6-10(5-1)9-11-7-3-4-8-11;1-2-4-5-3-1;/h1-2,5-7H,3-4,8-9H2;1-5H;. The van der Waals surface area contributed by atoms with Crippen molar-refractivity contribution < 1.29 is 6.51 Å². The number of allylic oxidation sites excluding steroid dienone is 2. The van der Waals surface area contributed by atoms with Gasteiger partial charge in [0.2, 0.25) is 0 Å². The zero-order valence-electron chi connectivity index (χ0n) is 9.96. The van der Waals surface area contributed by atoms with E-state index in [1.165, 1.54) is 33.2 Å². The zero-order valence-corrected chi connectivity index (χ0v) is 11.1. The van der Waals surface area contributed by atoms with Gasteiger partial charge in [0.25, 0.3) is 0 Å². The van der Waals surface area contributed by atoms with Gasteiger partial charge in [-0.1, -0.05) is 0 Å². The molecular weight excluding hydrogens is 248 g/mol. The summed E-state index contributed by atoms with van der Waals surface area (Å²) in [5.74, 6) is 0. The Labute approximate surface area is 91.5 Å². The molecule has 0 bridgehead atoms. The van der Waals surface area contributed by atoms with Crippen LogP contribution in [0.5, 0.6) is 0 Å². The van der Waals surface area contributed by atoms with Gasteiger partial charge < -0.3 is 0 Å². The van der Waals surface area contributed by atoms with Crippen LogP contribution in [0, 0.1) is 0 Å². The summed E-state index contributed by atoms with van der Waals surface area (Å²) in [5, 5.41) is 0. The van der Waals surface area contributed by atoms with Crippen LogP contribution in [0.15, 0.2) is 11.6 Å². The van der Waals surface area contributed by atoms with Gasteiger partial charge in [0.1, 0.15) is 0 Å². The van der Waals surface area contributed by atoms with Crippen LogP contribution in [-0.4, -0.2) is 0 Å². The minimum absolute atomic E-state index is 1.19. The number of fused-ring (bicyclic) bond motifs is 10. The van der Waals surface area contributed by atoms with Crippen molar-refractivity contribution in [2.45, 2.75) is 73.3 Å². The third-order valence-corrected chi connectivity index (χ3v) is 59.6. The number of hydrogen-bond acceptors (Lipinski definition) is 0. The van der Waals surface area contributed by atoms with E-state index in [0.29, 0.717) is 0 Å². The molecule has 4 atom stereocenters. The van der Waals surface area contributed by atoms with Gasteiger partial charge in [0.15, 0.2) is 0 Å². The van der Waals surface area contributed by atoms with Gasteiger partial charge in [-0.3, -0.25) is 0 Å². The Morgan fingerprint density at radius 3 is 2.00 bits per heavy atom. The first-order valence-corrected chi connectivity index (χ1v) is 14.3. The van der Waals surface area contributed by atoms with Crippen molar-refractivity contribution in [3.8, 4) is 0 Å². The van der Waals surface area contributed by atoms with Crippen LogP contribution in [0.25, 0.3) is 0 Å². The molecule has 1 aliphatic carbocycles. The summed E-state index contributed by atoms with van der Waals surface area (Å²) in [4.78, 5) is 13.9. The molecule has 4 unspecified atom stereocenters. The van der Waals surface area contributed by atoms with Gasteiger partial charge in [-0.15, -0.1) is 0 Å². The monoisotopic (exact) mass is 266 g/mol. The van der Waals surface area contributed by atoms with Crippen LogP contribution in [0.1, 0.15) is 25.7 Å². The fraction of sp³-hybridized carbons (Fsp3) is 0.875. The van der Waals surface area contributed by atoms with Crippen LogP contribution in [0.2, 0.25) is 47.7 Å². The van der Waals surface area contributed by atoms with Crippen LogP contribution in [0.4, 0.5) is 0 Å². The summed E-state index contributed by atoms with van der Waals surface area (Å²) < 4.78 is 1.19. The molecule has 10 aliphatic heterocycles. The molecule has 1 heteroatoms. The molecule has 90 valence electrons. The van der Waals surface area contributed by atoms with Crippen LogP contribution in [0.3, 0.4) is 0 Å². The zero-order chi connectivity index (χ0) is 10.1. The molecule has 17 heavy (non-hydrogen) atoms. The van der Waals surface area contributed by atoms with E-state index in [1.807, 2.05) is 5.57 Å². The van der Waals surface area contributed by atoms with Gasteiger partial charge in [-0.05, 0) is 0 Å². The molecule has 0 amide bonds. The van der Waals surface area contributed by atoms with E-state index in [1.54, 1.807) is 40.1 Å². The normalized spacial score (nSPS) is 124. The van der Waals surface area contributed by atoms with E-state index in [0.717, 1.165) is 0 Å². The van der Waals surface area contributed by atoms with E-state index in [4.69, 9.17) is 0 Å². The van der Waals surface area contributed by atoms with E-state index in [9.17, 15) is 0 Å². The Morgan fingerprint density at radius 2 is 1.65 bits per heavy atom. The van der Waals surface area contributed by atoms with Gasteiger partial charge in [-0.2, -0.15) is 0 Å². The minimum atomic E-state index is -2.66. The van der Waals surface area contributed by atoms with Gasteiger partial charge in [-0.25, -0.2) is 0 Å². The topological polar surface area (TPSA) is 0 Å². The fourth-order valence-electron chi connectivity index (χ4n) is 18.4. The van der Waals surface area contributed by atoms with E-state index in [2.05, 4.69) is 6.08 Å². The summed E-state index contributed by atoms with van der Waals surface area (Å²) in [6, 6.07) is 0. The molecule has 0 N–H and O–H groups in total. The van der Waals surface area contributed by atoms with E-state index >= 15 is 0 Å². The summed E-state index contributed by atoms with van der Waals surface area (Å²) in [7, 11) is 0.